The Hall–Kier alpha value is -0.910. The minimum Gasteiger partial charge on any atom is -0.313 e. The van der Waals surface area contributed by atoms with Crippen LogP contribution >= 0.6 is 0 Å². The van der Waals surface area contributed by atoms with Crippen LogP contribution in [0.3, 0.4) is 0 Å². The van der Waals surface area contributed by atoms with Crippen LogP contribution in [-0.2, 0) is 16.6 Å². The first-order valence-electron chi connectivity index (χ1n) is 7.83. The molecule has 1 aliphatic rings. The molecule has 0 saturated carbocycles. The largest absolute Gasteiger partial charge is 0.313 e. The Morgan fingerprint density at radius 2 is 2.10 bits per heavy atom. The van der Waals surface area contributed by atoms with E-state index in [1.807, 2.05) is 26.0 Å². The lowest BCUT2D eigenvalue weighted by Crippen LogP contribution is -2.35. The van der Waals surface area contributed by atoms with E-state index in [0.29, 0.717) is 18.0 Å². The third-order valence-corrected chi connectivity index (χ3v) is 6.44. The standard InChI is InChI=1S/C16H26N2O2S/c1-4-15-9-7-11-18(15)21(19,20)16-10-6-8-14(13(16)3)12-17-5-2/h6,8,10,15,17H,4-5,7,9,11-12H2,1-3H3. The van der Waals surface area contributed by atoms with Gasteiger partial charge in [0.25, 0.3) is 0 Å². The third-order valence-electron chi connectivity index (χ3n) is 4.34. The van der Waals surface area contributed by atoms with E-state index in [1.165, 1.54) is 0 Å². The summed E-state index contributed by atoms with van der Waals surface area (Å²) in [5.74, 6) is 0. The maximum atomic E-state index is 13.0. The first kappa shape index (κ1) is 16.5. The van der Waals surface area contributed by atoms with Gasteiger partial charge in [0.05, 0.1) is 4.90 Å². The fraction of sp³-hybridized carbons (Fsp3) is 0.625. The molecule has 1 aliphatic heterocycles. The molecule has 1 atom stereocenters. The van der Waals surface area contributed by atoms with Crippen molar-refractivity contribution in [2.75, 3.05) is 13.1 Å². The van der Waals surface area contributed by atoms with Crippen LogP contribution in [0.15, 0.2) is 23.1 Å². The van der Waals surface area contributed by atoms with Gasteiger partial charge in [-0.1, -0.05) is 26.0 Å². The summed E-state index contributed by atoms with van der Waals surface area (Å²) in [5, 5.41) is 3.27. The van der Waals surface area contributed by atoms with Crippen molar-refractivity contribution in [1.29, 1.82) is 0 Å². The Bertz CT molecular complexity index is 584. The minimum atomic E-state index is -3.37. The number of sulfonamides is 1. The van der Waals surface area contributed by atoms with Gasteiger partial charge in [-0.25, -0.2) is 8.42 Å². The van der Waals surface area contributed by atoms with Gasteiger partial charge < -0.3 is 5.32 Å². The molecule has 1 aromatic rings. The third kappa shape index (κ3) is 3.30. The molecule has 4 nitrogen and oxygen atoms in total. The fourth-order valence-electron chi connectivity index (χ4n) is 3.05. The van der Waals surface area contributed by atoms with E-state index in [9.17, 15) is 8.42 Å². The summed E-state index contributed by atoms with van der Waals surface area (Å²) >= 11 is 0. The van der Waals surface area contributed by atoms with Crippen LogP contribution in [0.25, 0.3) is 0 Å². The highest BCUT2D eigenvalue weighted by atomic mass is 32.2. The molecule has 1 N–H and O–H groups in total. The highest BCUT2D eigenvalue weighted by Crippen LogP contribution is 2.30. The van der Waals surface area contributed by atoms with Gasteiger partial charge in [-0.05, 0) is 49.9 Å². The highest BCUT2D eigenvalue weighted by Gasteiger charge is 2.35. The quantitative estimate of drug-likeness (QED) is 0.879. The monoisotopic (exact) mass is 310 g/mol. The summed E-state index contributed by atoms with van der Waals surface area (Å²) < 4.78 is 27.6. The number of hydrogen-bond acceptors (Lipinski definition) is 3. The lowest BCUT2D eigenvalue weighted by atomic mass is 10.1. The average Bonchev–Trinajstić information content (AvgIpc) is 2.95. The van der Waals surface area contributed by atoms with Gasteiger partial charge in [-0.15, -0.1) is 0 Å². The summed E-state index contributed by atoms with van der Waals surface area (Å²) in [6.45, 7) is 8.26. The topological polar surface area (TPSA) is 49.4 Å². The van der Waals surface area contributed by atoms with Gasteiger partial charge in [0.2, 0.25) is 10.0 Å². The first-order valence-corrected chi connectivity index (χ1v) is 9.27. The molecule has 1 unspecified atom stereocenters. The van der Waals surface area contributed by atoms with Crippen LogP contribution in [0, 0.1) is 6.92 Å². The number of hydrogen-bond donors (Lipinski definition) is 1. The summed E-state index contributed by atoms with van der Waals surface area (Å²) in [5.41, 5.74) is 1.94. The zero-order valence-electron chi connectivity index (χ0n) is 13.2. The molecule has 1 fully saturated rings. The molecule has 0 spiro atoms. The lowest BCUT2D eigenvalue weighted by Gasteiger charge is -2.24. The van der Waals surface area contributed by atoms with Crippen molar-refractivity contribution in [3.63, 3.8) is 0 Å². The van der Waals surface area contributed by atoms with Crippen molar-refractivity contribution in [1.82, 2.24) is 9.62 Å². The Kier molecular flexibility index (Phi) is 5.41. The minimum absolute atomic E-state index is 0.159. The second kappa shape index (κ2) is 6.90. The summed E-state index contributed by atoms with van der Waals surface area (Å²) in [4.78, 5) is 0.471. The van der Waals surface area contributed by atoms with E-state index < -0.39 is 10.0 Å². The van der Waals surface area contributed by atoms with Crippen LogP contribution in [0.4, 0.5) is 0 Å². The second-order valence-electron chi connectivity index (χ2n) is 5.64. The Morgan fingerprint density at radius 3 is 2.76 bits per heavy atom. The average molecular weight is 310 g/mol. The molecule has 21 heavy (non-hydrogen) atoms. The van der Waals surface area contributed by atoms with E-state index in [-0.39, 0.29) is 6.04 Å². The molecule has 118 valence electrons. The van der Waals surface area contributed by atoms with Crippen LogP contribution in [0.1, 0.15) is 44.2 Å². The SMILES string of the molecule is CCNCc1cccc(S(=O)(=O)N2CCCC2CC)c1C. The van der Waals surface area contributed by atoms with Crippen LogP contribution in [-0.4, -0.2) is 31.9 Å². The molecular weight excluding hydrogens is 284 g/mol. The van der Waals surface area contributed by atoms with E-state index >= 15 is 0 Å². The Morgan fingerprint density at radius 1 is 1.33 bits per heavy atom. The van der Waals surface area contributed by atoms with Crippen LogP contribution in [0.5, 0.6) is 0 Å². The summed E-state index contributed by atoms with van der Waals surface area (Å²) in [7, 11) is -3.37. The predicted octanol–water partition coefficient (Wildman–Crippen LogP) is 2.67. The molecule has 1 saturated heterocycles. The lowest BCUT2D eigenvalue weighted by molar-refractivity contribution is 0.379. The fourth-order valence-corrected chi connectivity index (χ4v) is 5.09. The van der Waals surface area contributed by atoms with Gasteiger partial charge in [0.15, 0.2) is 0 Å². The Balaban J connectivity index is 2.36. The van der Waals surface area contributed by atoms with E-state index in [4.69, 9.17) is 0 Å². The molecule has 0 aromatic heterocycles. The number of nitrogens with zero attached hydrogens (tertiary/aromatic N) is 1. The van der Waals surface area contributed by atoms with E-state index in [1.54, 1.807) is 10.4 Å². The smallest absolute Gasteiger partial charge is 0.243 e. The molecule has 1 aromatic carbocycles. The summed E-state index contributed by atoms with van der Waals surface area (Å²) in [6.07, 6.45) is 2.83. The first-order chi connectivity index (χ1) is 10.0. The molecule has 5 heteroatoms. The van der Waals surface area contributed by atoms with Crippen molar-refractivity contribution < 1.29 is 8.42 Å². The second-order valence-corrected chi connectivity index (χ2v) is 7.50. The Labute approximate surface area is 128 Å². The van der Waals surface area contributed by atoms with Gasteiger partial charge in [-0.2, -0.15) is 4.31 Å². The van der Waals surface area contributed by atoms with Crippen LogP contribution in [0.2, 0.25) is 0 Å². The van der Waals surface area contributed by atoms with Crippen molar-refractivity contribution in [2.45, 2.75) is 57.5 Å². The van der Waals surface area contributed by atoms with Crippen molar-refractivity contribution >= 4 is 10.0 Å². The maximum Gasteiger partial charge on any atom is 0.243 e. The van der Waals surface area contributed by atoms with Gasteiger partial charge in [0.1, 0.15) is 0 Å². The maximum absolute atomic E-state index is 13.0. The zero-order valence-corrected chi connectivity index (χ0v) is 14.0. The highest BCUT2D eigenvalue weighted by molar-refractivity contribution is 7.89. The van der Waals surface area contributed by atoms with E-state index in [0.717, 1.165) is 36.9 Å². The molecule has 1 heterocycles. The molecule has 0 amide bonds. The molecular formula is C16H26N2O2S. The van der Waals surface area contributed by atoms with Gasteiger partial charge in [0, 0.05) is 19.1 Å². The van der Waals surface area contributed by atoms with Gasteiger partial charge in [-0.3, -0.25) is 0 Å². The molecule has 0 radical (unpaired) electrons. The number of nitrogens with one attached hydrogen (secondary N) is 1. The normalized spacial score (nSPS) is 20.0. The molecule has 0 bridgehead atoms. The molecule has 0 aliphatic carbocycles. The van der Waals surface area contributed by atoms with E-state index in [2.05, 4.69) is 12.2 Å². The molecule has 2 rings (SSSR count). The van der Waals surface area contributed by atoms with Crippen molar-refractivity contribution in [2.24, 2.45) is 0 Å². The zero-order chi connectivity index (χ0) is 15.5. The van der Waals surface area contributed by atoms with Gasteiger partial charge >= 0.3 is 0 Å². The number of rotatable bonds is 6. The van der Waals surface area contributed by atoms with Crippen molar-refractivity contribution in [3.05, 3.63) is 29.3 Å². The summed E-state index contributed by atoms with van der Waals surface area (Å²) in [6, 6.07) is 5.75. The number of benzene rings is 1. The predicted molar refractivity (Wildman–Crippen MR) is 85.8 cm³/mol. The van der Waals surface area contributed by atoms with Crippen LogP contribution < -0.4 is 5.32 Å². The van der Waals surface area contributed by atoms with Crippen molar-refractivity contribution in [3.8, 4) is 0 Å².